The van der Waals surface area contributed by atoms with Gasteiger partial charge in [0.05, 0.1) is 30.1 Å². The van der Waals surface area contributed by atoms with Crippen molar-refractivity contribution in [1.29, 1.82) is 0 Å². The van der Waals surface area contributed by atoms with Crippen LogP contribution in [0, 0.1) is 0 Å². The van der Waals surface area contributed by atoms with Gasteiger partial charge in [0.25, 0.3) is 0 Å². The normalized spacial score (nSPS) is 10.5. The molecule has 104 valence electrons. The number of ether oxygens (including phenoxy) is 1. The van der Waals surface area contributed by atoms with Gasteiger partial charge in [-0.1, -0.05) is 0 Å². The van der Waals surface area contributed by atoms with Crippen molar-refractivity contribution in [1.82, 2.24) is 15.0 Å². The quantitative estimate of drug-likeness (QED) is 0.793. The summed E-state index contributed by atoms with van der Waals surface area (Å²) >= 11 is 0. The fourth-order valence-electron chi connectivity index (χ4n) is 2.07. The number of pyridine rings is 1. The van der Waals surface area contributed by atoms with Gasteiger partial charge in [0.2, 0.25) is 0 Å². The fraction of sp³-hybridized carbons (Fsp3) is 0.0667. The van der Waals surface area contributed by atoms with Crippen LogP contribution in [-0.4, -0.2) is 33.1 Å². The second-order valence-electron chi connectivity index (χ2n) is 4.33. The Balaban J connectivity index is 2.29. The lowest BCUT2D eigenvalue weighted by Gasteiger charge is -2.08. The van der Waals surface area contributed by atoms with Crippen LogP contribution in [0.25, 0.3) is 22.3 Å². The monoisotopic (exact) mass is 281 g/mol. The van der Waals surface area contributed by atoms with Crippen LogP contribution in [0.3, 0.4) is 0 Å². The van der Waals surface area contributed by atoms with E-state index in [1.165, 1.54) is 19.4 Å². The average molecular weight is 281 g/mol. The summed E-state index contributed by atoms with van der Waals surface area (Å²) < 4.78 is 5.13. The van der Waals surface area contributed by atoms with Crippen molar-refractivity contribution < 1.29 is 14.6 Å². The zero-order chi connectivity index (χ0) is 14.8. The van der Waals surface area contributed by atoms with E-state index >= 15 is 0 Å². The Hall–Kier alpha value is -3.02. The van der Waals surface area contributed by atoms with Crippen LogP contribution in [0.2, 0.25) is 0 Å². The van der Waals surface area contributed by atoms with Gasteiger partial charge in [0.15, 0.2) is 0 Å². The highest BCUT2D eigenvalue weighted by Crippen LogP contribution is 2.26. The molecule has 0 aliphatic rings. The van der Waals surface area contributed by atoms with E-state index in [0.717, 1.165) is 0 Å². The van der Waals surface area contributed by atoms with Gasteiger partial charge in [-0.3, -0.25) is 9.97 Å². The standard InChI is InChI=1S/C15H11N3O3/c1-21-9-2-3-12-10(6-9)11(15(19)20)7-13(18-12)14-8-16-4-5-17-14/h2-8H,1H3,(H,19,20). The maximum atomic E-state index is 11.5. The summed E-state index contributed by atoms with van der Waals surface area (Å²) in [5.41, 5.74) is 1.71. The Morgan fingerprint density at radius 2 is 2.05 bits per heavy atom. The number of nitrogens with zero attached hydrogens (tertiary/aromatic N) is 3. The lowest BCUT2D eigenvalue weighted by molar-refractivity contribution is 0.0699. The fourth-order valence-corrected chi connectivity index (χ4v) is 2.07. The molecule has 2 aromatic heterocycles. The van der Waals surface area contributed by atoms with E-state index in [-0.39, 0.29) is 5.56 Å². The third kappa shape index (κ3) is 2.38. The van der Waals surface area contributed by atoms with Crippen LogP contribution in [-0.2, 0) is 0 Å². The minimum atomic E-state index is -1.03. The number of hydrogen-bond acceptors (Lipinski definition) is 5. The molecule has 1 N–H and O–H groups in total. The van der Waals surface area contributed by atoms with E-state index in [1.54, 1.807) is 30.6 Å². The number of carboxylic acids is 1. The Morgan fingerprint density at radius 3 is 2.71 bits per heavy atom. The zero-order valence-corrected chi connectivity index (χ0v) is 11.1. The van der Waals surface area contributed by atoms with Gasteiger partial charge in [-0.25, -0.2) is 9.78 Å². The topological polar surface area (TPSA) is 85.2 Å². The van der Waals surface area contributed by atoms with Crippen molar-refractivity contribution in [2.45, 2.75) is 0 Å². The van der Waals surface area contributed by atoms with Gasteiger partial charge in [-0.2, -0.15) is 0 Å². The average Bonchev–Trinajstić information content (AvgIpc) is 2.54. The molecule has 0 aliphatic heterocycles. The molecule has 3 aromatic rings. The van der Waals surface area contributed by atoms with Gasteiger partial charge in [0, 0.05) is 17.8 Å². The van der Waals surface area contributed by atoms with Crippen LogP contribution in [0.5, 0.6) is 5.75 Å². The molecule has 0 aliphatic carbocycles. The number of benzene rings is 1. The van der Waals surface area contributed by atoms with Crippen molar-refractivity contribution in [2.75, 3.05) is 7.11 Å². The van der Waals surface area contributed by atoms with Crippen LogP contribution in [0.15, 0.2) is 42.9 Å². The van der Waals surface area contributed by atoms with E-state index in [1.807, 2.05) is 0 Å². The SMILES string of the molecule is COc1ccc2nc(-c3cnccn3)cc(C(=O)O)c2c1. The van der Waals surface area contributed by atoms with Crippen molar-refractivity contribution >= 4 is 16.9 Å². The number of methoxy groups -OCH3 is 1. The number of hydrogen-bond donors (Lipinski definition) is 1. The second kappa shape index (κ2) is 5.16. The molecule has 0 saturated heterocycles. The molecule has 21 heavy (non-hydrogen) atoms. The van der Waals surface area contributed by atoms with Gasteiger partial charge in [-0.15, -0.1) is 0 Å². The van der Waals surface area contributed by atoms with E-state index in [9.17, 15) is 9.90 Å². The van der Waals surface area contributed by atoms with Crippen molar-refractivity contribution in [3.63, 3.8) is 0 Å². The van der Waals surface area contributed by atoms with E-state index in [2.05, 4.69) is 15.0 Å². The van der Waals surface area contributed by atoms with Gasteiger partial charge in [-0.05, 0) is 24.3 Å². The summed E-state index contributed by atoms with van der Waals surface area (Å²) in [6.07, 6.45) is 4.63. The highest BCUT2D eigenvalue weighted by Gasteiger charge is 2.14. The summed E-state index contributed by atoms with van der Waals surface area (Å²) in [6.45, 7) is 0. The van der Waals surface area contributed by atoms with E-state index in [0.29, 0.717) is 28.0 Å². The first-order valence-electron chi connectivity index (χ1n) is 6.17. The smallest absolute Gasteiger partial charge is 0.336 e. The number of aromatic nitrogens is 3. The summed E-state index contributed by atoms with van der Waals surface area (Å²) in [5.74, 6) is -0.445. The molecule has 6 heteroatoms. The molecule has 0 atom stereocenters. The molecule has 0 spiro atoms. The van der Waals surface area contributed by atoms with Crippen molar-refractivity contribution in [3.8, 4) is 17.1 Å². The minimum Gasteiger partial charge on any atom is -0.497 e. The molecule has 3 rings (SSSR count). The third-order valence-electron chi connectivity index (χ3n) is 3.07. The highest BCUT2D eigenvalue weighted by atomic mass is 16.5. The van der Waals surface area contributed by atoms with E-state index < -0.39 is 5.97 Å². The molecule has 0 amide bonds. The zero-order valence-electron chi connectivity index (χ0n) is 11.1. The Labute approximate surface area is 120 Å². The number of fused-ring (bicyclic) bond motifs is 1. The lowest BCUT2D eigenvalue weighted by atomic mass is 10.1. The van der Waals surface area contributed by atoms with Crippen LogP contribution in [0.4, 0.5) is 0 Å². The van der Waals surface area contributed by atoms with Crippen molar-refractivity contribution in [2.24, 2.45) is 0 Å². The third-order valence-corrected chi connectivity index (χ3v) is 3.07. The van der Waals surface area contributed by atoms with Crippen molar-refractivity contribution in [3.05, 3.63) is 48.4 Å². The Morgan fingerprint density at radius 1 is 1.19 bits per heavy atom. The molecular weight excluding hydrogens is 270 g/mol. The number of rotatable bonds is 3. The van der Waals surface area contributed by atoms with Crippen LogP contribution >= 0.6 is 0 Å². The first-order valence-corrected chi connectivity index (χ1v) is 6.17. The lowest BCUT2D eigenvalue weighted by Crippen LogP contribution is -2.01. The molecular formula is C15H11N3O3. The largest absolute Gasteiger partial charge is 0.497 e. The first-order chi connectivity index (χ1) is 10.2. The molecule has 6 nitrogen and oxygen atoms in total. The second-order valence-corrected chi connectivity index (χ2v) is 4.33. The summed E-state index contributed by atoms with van der Waals surface area (Å²) in [7, 11) is 1.53. The van der Waals surface area contributed by atoms with Crippen LogP contribution in [0.1, 0.15) is 10.4 Å². The Bertz CT molecular complexity index is 819. The molecule has 0 saturated carbocycles. The molecule has 0 unspecified atom stereocenters. The summed E-state index contributed by atoms with van der Waals surface area (Å²) in [4.78, 5) is 24.1. The number of aromatic carboxylic acids is 1. The molecule has 0 bridgehead atoms. The van der Waals surface area contributed by atoms with Crippen LogP contribution < -0.4 is 4.74 Å². The summed E-state index contributed by atoms with van der Waals surface area (Å²) in [6, 6.07) is 6.61. The molecule has 0 radical (unpaired) electrons. The number of carbonyl (C=O) groups is 1. The molecule has 2 heterocycles. The van der Waals surface area contributed by atoms with Gasteiger partial charge >= 0.3 is 5.97 Å². The van der Waals surface area contributed by atoms with E-state index in [4.69, 9.17) is 4.74 Å². The molecule has 1 aromatic carbocycles. The maximum Gasteiger partial charge on any atom is 0.336 e. The maximum absolute atomic E-state index is 11.5. The summed E-state index contributed by atoms with van der Waals surface area (Å²) in [5, 5.41) is 9.94. The first kappa shape index (κ1) is 13.0. The van der Waals surface area contributed by atoms with Gasteiger partial charge in [0.1, 0.15) is 11.4 Å². The number of carboxylic acid groups (broad SMARTS) is 1. The Kier molecular flexibility index (Phi) is 3.19. The predicted molar refractivity (Wildman–Crippen MR) is 76.3 cm³/mol. The predicted octanol–water partition coefficient (Wildman–Crippen LogP) is 2.40. The highest BCUT2D eigenvalue weighted by molar-refractivity contribution is 6.04. The van der Waals surface area contributed by atoms with Gasteiger partial charge < -0.3 is 9.84 Å². The minimum absolute atomic E-state index is 0.152. The molecule has 0 fully saturated rings.